The van der Waals surface area contributed by atoms with E-state index in [4.69, 9.17) is 4.74 Å². The SMILES string of the molecule is OC(COC1C2CC3CC(C2)CC1C3)C[NH+]1CCCCC1. The summed E-state index contributed by atoms with van der Waals surface area (Å²) in [6.07, 6.45) is 11.4. The minimum atomic E-state index is -0.254. The number of hydrogen-bond acceptors (Lipinski definition) is 2. The van der Waals surface area contributed by atoms with Gasteiger partial charge in [0, 0.05) is 0 Å². The van der Waals surface area contributed by atoms with E-state index in [9.17, 15) is 5.11 Å². The third-order valence-electron chi connectivity index (χ3n) is 6.71. The lowest BCUT2D eigenvalue weighted by Crippen LogP contribution is -3.14. The summed E-state index contributed by atoms with van der Waals surface area (Å²) in [5.41, 5.74) is 0. The zero-order valence-corrected chi connectivity index (χ0v) is 13.3. The lowest BCUT2D eigenvalue weighted by atomic mass is 9.55. The molecule has 2 N–H and O–H groups in total. The quantitative estimate of drug-likeness (QED) is 0.800. The molecular weight excluding hydrogens is 262 g/mol. The fourth-order valence-electron chi connectivity index (χ4n) is 6.02. The van der Waals surface area contributed by atoms with Gasteiger partial charge in [-0.3, -0.25) is 0 Å². The second kappa shape index (κ2) is 6.17. The van der Waals surface area contributed by atoms with E-state index in [1.807, 2.05) is 0 Å². The first-order chi connectivity index (χ1) is 10.3. The molecule has 4 saturated carbocycles. The van der Waals surface area contributed by atoms with Crippen molar-refractivity contribution in [2.75, 3.05) is 26.2 Å². The highest BCUT2D eigenvalue weighted by atomic mass is 16.5. The minimum Gasteiger partial charge on any atom is -0.385 e. The van der Waals surface area contributed by atoms with Crippen LogP contribution in [-0.2, 0) is 4.74 Å². The van der Waals surface area contributed by atoms with Crippen LogP contribution in [0.5, 0.6) is 0 Å². The van der Waals surface area contributed by atoms with Gasteiger partial charge in [0.2, 0.25) is 0 Å². The van der Waals surface area contributed by atoms with Crippen molar-refractivity contribution >= 4 is 0 Å². The average Bonchev–Trinajstić information content (AvgIpc) is 2.47. The van der Waals surface area contributed by atoms with Crippen LogP contribution in [0, 0.1) is 23.7 Å². The molecule has 4 aliphatic carbocycles. The van der Waals surface area contributed by atoms with Gasteiger partial charge < -0.3 is 14.7 Å². The van der Waals surface area contributed by atoms with Crippen molar-refractivity contribution in [2.24, 2.45) is 23.7 Å². The molecule has 4 bridgehead atoms. The van der Waals surface area contributed by atoms with Crippen molar-refractivity contribution in [1.82, 2.24) is 0 Å². The van der Waals surface area contributed by atoms with Crippen molar-refractivity contribution in [3.63, 3.8) is 0 Å². The molecule has 3 heteroatoms. The molecule has 5 fully saturated rings. The number of aliphatic hydroxyl groups is 1. The van der Waals surface area contributed by atoms with Crippen LogP contribution in [0.1, 0.15) is 51.4 Å². The Morgan fingerprint density at radius 1 is 0.905 bits per heavy atom. The third-order valence-corrected chi connectivity index (χ3v) is 6.71. The van der Waals surface area contributed by atoms with E-state index in [1.165, 1.54) is 64.5 Å². The second-order valence-corrected chi connectivity index (χ2v) is 8.40. The highest BCUT2D eigenvalue weighted by Crippen LogP contribution is 2.54. The second-order valence-electron chi connectivity index (χ2n) is 8.40. The van der Waals surface area contributed by atoms with E-state index in [-0.39, 0.29) is 6.10 Å². The molecule has 1 saturated heterocycles. The van der Waals surface area contributed by atoms with Crippen LogP contribution >= 0.6 is 0 Å². The number of likely N-dealkylation sites (tertiary alicyclic amines) is 1. The number of rotatable bonds is 5. The molecule has 1 heterocycles. The Kier molecular flexibility index (Phi) is 4.25. The van der Waals surface area contributed by atoms with Gasteiger partial charge in [0.25, 0.3) is 0 Å². The number of quaternary nitrogens is 1. The molecule has 1 unspecified atom stereocenters. The summed E-state index contributed by atoms with van der Waals surface area (Å²) in [4.78, 5) is 1.59. The van der Waals surface area contributed by atoms with Gasteiger partial charge in [-0.25, -0.2) is 0 Å². The Morgan fingerprint density at radius 3 is 2.14 bits per heavy atom. The summed E-state index contributed by atoms with van der Waals surface area (Å²) >= 11 is 0. The lowest BCUT2D eigenvalue weighted by Gasteiger charge is -2.54. The monoisotopic (exact) mass is 294 g/mol. The summed E-state index contributed by atoms with van der Waals surface area (Å²) in [5, 5.41) is 10.3. The maximum absolute atomic E-state index is 10.3. The van der Waals surface area contributed by atoms with Crippen molar-refractivity contribution in [3.8, 4) is 0 Å². The van der Waals surface area contributed by atoms with E-state index in [0.717, 1.165) is 30.2 Å². The molecule has 1 aliphatic heterocycles. The van der Waals surface area contributed by atoms with E-state index >= 15 is 0 Å². The molecule has 1 atom stereocenters. The smallest absolute Gasteiger partial charge is 0.126 e. The molecule has 0 aromatic carbocycles. The number of aliphatic hydroxyl groups excluding tert-OH is 1. The minimum absolute atomic E-state index is 0.254. The lowest BCUT2D eigenvalue weighted by molar-refractivity contribution is -0.908. The number of hydrogen-bond donors (Lipinski definition) is 2. The molecule has 5 aliphatic rings. The Morgan fingerprint density at radius 2 is 1.52 bits per heavy atom. The van der Waals surface area contributed by atoms with Crippen molar-refractivity contribution in [1.29, 1.82) is 0 Å². The molecule has 0 amide bonds. The van der Waals surface area contributed by atoms with Gasteiger partial charge in [-0.2, -0.15) is 0 Å². The number of piperidine rings is 1. The first-order valence-electron chi connectivity index (χ1n) is 9.41. The van der Waals surface area contributed by atoms with Crippen LogP contribution in [0.4, 0.5) is 0 Å². The van der Waals surface area contributed by atoms with E-state index in [0.29, 0.717) is 12.7 Å². The van der Waals surface area contributed by atoms with Gasteiger partial charge in [-0.1, -0.05) is 0 Å². The summed E-state index contributed by atoms with van der Waals surface area (Å²) in [5.74, 6) is 3.65. The fraction of sp³-hybridized carbons (Fsp3) is 1.00. The number of ether oxygens (including phenoxy) is 1. The van der Waals surface area contributed by atoms with E-state index in [2.05, 4.69) is 0 Å². The van der Waals surface area contributed by atoms with Gasteiger partial charge >= 0.3 is 0 Å². The molecule has 120 valence electrons. The highest BCUT2D eigenvalue weighted by Gasteiger charge is 2.48. The van der Waals surface area contributed by atoms with Gasteiger partial charge in [0.05, 0.1) is 25.8 Å². The van der Waals surface area contributed by atoms with Gasteiger partial charge in [0.1, 0.15) is 12.6 Å². The van der Waals surface area contributed by atoms with Crippen LogP contribution in [0.25, 0.3) is 0 Å². The summed E-state index contributed by atoms with van der Waals surface area (Å²) in [7, 11) is 0. The molecule has 3 nitrogen and oxygen atoms in total. The molecular formula is C18H32NO2+. The molecule has 0 aromatic heterocycles. The van der Waals surface area contributed by atoms with Gasteiger partial charge in [0.15, 0.2) is 0 Å². The van der Waals surface area contributed by atoms with Crippen LogP contribution in [-0.4, -0.2) is 43.6 Å². The largest absolute Gasteiger partial charge is 0.385 e. The fourth-order valence-corrected chi connectivity index (χ4v) is 6.02. The Labute approximate surface area is 129 Å². The summed E-state index contributed by atoms with van der Waals surface area (Å²) in [6.45, 7) is 3.97. The van der Waals surface area contributed by atoms with Crippen molar-refractivity contribution in [2.45, 2.75) is 63.6 Å². The van der Waals surface area contributed by atoms with Crippen LogP contribution in [0.15, 0.2) is 0 Å². The van der Waals surface area contributed by atoms with Crippen LogP contribution in [0.3, 0.4) is 0 Å². The maximum atomic E-state index is 10.3. The zero-order chi connectivity index (χ0) is 14.2. The predicted molar refractivity (Wildman–Crippen MR) is 82.2 cm³/mol. The molecule has 0 spiro atoms. The number of nitrogens with one attached hydrogen (secondary N) is 1. The van der Waals surface area contributed by atoms with Crippen LogP contribution < -0.4 is 4.90 Å². The Bertz CT molecular complexity index is 325. The normalized spacial score (nSPS) is 44.1. The summed E-state index contributed by atoms with van der Waals surface area (Å²) in [6, 6.07) is 0. The first kappa shape index (κ1) is 14.5. The average molecular weight is 294 g/mol. The third kappa shape index (κ3) is 3.16. The highest BCUT2D eigenvalue weighted by molar-refractivity contribution is 4.99. The zero-order valence-electron chi connectivity index (χ0n) is 13.3. The van der Waals surface area contributed by atoms with Gasteiger partial charge in [-0.15, -0.1) is 0 Å². The molecule has 5 rings (SSSR count). The van der Waals surface area contributed by atoms with Crippen molar-refractivity contribution < 1.29 is 14.7 Å². The molecule has 0 radical (unpaired) electrons. The van der Waals surface area contributed by atoms with Crippen molar-refractivity contribution in [3.05, 3.63) is 0 Å². The topological polar surface area (TPSA) is 33.9 Å². The maximum Gasteiger partial charge on any atom is 0.126 e. The predicted octanol–water partition coefficient (Wildman–Crippen LogP) is 1.26. The van der Waals surface area contributed by atoms with E-state index in [1.54, 1.807) is 4.90 Å². The molecule has 21 heavy (non-hydrogen) atoms. The standard InChI is InChI=1S/C18H31NO2/c20-17(11-19-4-2-1-3-5-19)12-21-18-15-7-13-6-14(9-15)10-16(18)8-13/h13-18,20H,1-12H2/p+1. The van der Waals surface area contributed by atoms with E-state index < -0.39 is 0 Å². The first-order valence-corrected chi connectivity index (χ1v) is 9.41. The molecule has 0 aromatic rings. The van der Waals surface area contributed by atoms with Crippen LogP contribution in [0.2, 0.25) is 0 Å². The Balaban J connectivity index is 1.25. The Hall–Kier alpha value is -0.120. The summed E-state index contributed by atoms with van der Waals surface area (Å²) < 4.78 is 6.26. The van der Waals surface area contributed by atoms with Gasteiger partial charge in [-0.05, 0) is 75.0 Å².